The molecule has 46 heavy (non-hydrogen) atoms. The first-order valence-corrected chi connectivity index (χ1v) is 18.9. The van der Waals surface area contributed by atoms with Gasteiger partial charge in [0.1, 0.15) is 5.75 Å². The highest BCUT2D eigenvalue weighted by atomic mass is 35.5. The molecule has 5 aliphatic rings. The van der Waals surface area contributed by atoms with Crippen LogP contribution in [-0.4, -0.2) is 63.2 Å². The number of carbonyl (C=O) groups is 1. The maximum absolute atomic E-state index is 13.9. The smallest absolute Gasteiger partial charge is 0.264 e. The number of benzene rings is 2. The minimum absolute atomic E-state index is 0.110. The lowest BCUT2D eigenvalue weighted by molar-refractivity contribution is 0.0455. The second-order valence-electron chi connectivity index (χ2n) is 14.3. The van der Waals surface area contributed by atoms with E-state index >= 15 is 0 Å². The molecular formula is C36H45ClN2O6S. The summed E-state index contributed by atoms with van der Waals surface area (Å²) in [6.45, 7) is 4.42. The molecule has 1 spiro atoms. The van der Waals surface area contributed by atoms with Gasteiger partial charge in [0.05, 0.1) is 29.8 Å². The Hall–Kier alpha value is -2.59. The van der Waals surface area contributed by atoms with E-state index in [9.17, 15) is 18.3 Å². The number of halogens is 1. The van der Waals surface area contributed by atoms with Crippen LogP contribution < -0.4 is 14.4 Å². The summed E-state index contributed by atoms with van der Waals surface area (Å²) in [7, 11) is -4.04. The standard InChI is InChI=1S/C36H45ClN2O6S/c1-23-5-2-8-32(40)29-12-9-26(29)20-39-21-36(15-3-6-24-17-27(37)11-13-30(24)36)22-45-33-14-10-25(18-31(33)39)35(41)38-46(42,43)34(23)19-28-7-4-16-44-28/h2,8,10-11,13-14,17-18,23,26,28-29,32,34,40H,3-7,9,12,15-16,19-22H2,1H3,(H,38,41)/b8-2-/t23-,26-,28+,29+,32-,34+,36-/m0/s1. The van der Waals surface area contributed by atoms with Crippen molar-refractivity contribution in [2.75, 3.05) is 31.2 Å². The number of carbonyl (C=O) groups excluding carboxylic acids is 1. The van der Waals surface area contributed by atoms with Gasteiger partial charge in [-0.15, -0.1) is 0 Å². The third-order valence-electron chi connectivity index (χ3n) is 11.3. The fourth-order valence-corrected chi connectivity index (χ4v) is 10.5. The zero-order chi connectivity index (χ0) is 32.1. The fraction of sp³-hybridized carbons (Fsp3) is 0.583. The Labute approximate surface area is 277 Å². The number of hydrogen-bond acceptors (Lipinski definition) is 7. The van der Waals surface area contributed by atoms with Gasteiger partial charge in [0.2, 0.25) is 10.0 Å². The number of hydrogen-bond donors (Lipinski definition) is 2. The van der Waals surface area contributed by atoms with E-state index in [4.69, 9.17) is 21.1 Å². The lowest BCUT2D eigenvalue weighted by Crippen LogP contribution is -2.49. The minimum atomic E-state index is -4.04. The quantitative estimate of drug-likeness (QED) is 0.390. The molecule has 8 nitrogen and oxygen atoms in total. The van der Waals surface area contributed by atoms with Gasteiger partial charge in [0.25, 0.3) is 5.91 Å². The summed E-state index contributed by atoms with van der Waals surface area (Å²) in [6, 6.07) is 11.4. The van der Waals surface area contributed by atoms with Crippen molar-refractivity contribution < 1.29 is 27.8 Å². The van der Waals surface area contributed by atoms with Crippen molar-refractivity contribution in [1.29, 1.82) is 0 Å². The first-order chi connectivity index (χ1) is 22.1. The number of sulfonamides is 1. The Morgan fingerprint density at radius 1 is 1.13 bits per heavy atom. The van der Waals surface area contributed by atoms with Gasteiger partial charge in [-0.05, 0) is 117 Å². The Kier molecular flexibility index (Phi) is 8.89. The number of nitrogens with one attached hydrogen (secondary N) is 1. The number of allylic oxidation sites excluding steroid dienone is 1. The van der Waals surface area contributed by atoms with Crippen molar-refractivity contribution in [3.63, 3.8) is 0 Å². The molecule has 0 aromatic heterocycles. The molecule has 7 rings (SSSR count). The molecule has 2 N–H and O–H groups in total. The number of aryl methyl sites for hydroxylation is 1. The summed E-state index contributed by atoms with van der Waals surface area (Å²) in [5, 5.41) is 11.2. The highest BCUT2D eigenvalue weighted by molar-refractivity contribution is 7.90. The van der Waals surface area contributed by atoms with Crippen LogP contribution in [0.3, 0.4) is 0 Å². The SMILES string of the molecule is C[C@H]1C/C=C\[C@H](O)[C@@H]2CC[C@H]2CN2C[C@@]3(CCCc4cc(Cl)ccc43)COc3ccc(cc32)C(=O)NS(=O)(=O)[C@@H]1C[C@H]1CCCO1. The molecule has 7 atom stereocenters. The van der Waals surface area contributed by atoms with E-state index in [0.29, 0.717) is 44.9 Å². The van der Waals surface area contributed by atoms with Gasteiger partial charge in [-0.25, -0.2) is 13.1 Å². The highest BCUT2D eigenvalue weighted by Gasteiger charge is 2.44. The van der Waals surface area contributed by atoms with Crippen LogP contribution in [0.4, 0.5) is 5.69 Å². The molecule has 248 valence electrons. The van der Waals surface area contributed by atoms with Gasteiger partial charge in [0, 0.05) is 35.7 Å². The zero-order valence-corrected chi connectivity index (χ0v) is 28.1. The molecule has 0 unspecified atom stereocenters. The van der Waals surface area contributed by atoms with Crippen LogP contribution in [0.5, 0.6) is 5.75 Å². The van der Waals surface area contributed by atoms with Gasteiger partial charge in [-0.1, -0.05) is 36.7 Å². The molecular weight excluding hydrogens is 624 g/mol. The van der Waals surface area contributed by atoms with Crippen LogP contribution in [0, 0.1) is 17.8 Å². The fourth-order valence-electron chi connectivity index (χ4n) is 8.55. The van der Waals surface area contributed by atoms with Crippen LogP contribution in [0.15, 0.2) is 48.6 Å². The van der Waals surface area contributed by atoms with Crippen molar-refractivity contribution in [3.8, 4) is 5.75 Å². The minimum Gasteiger partial charge on any atom is -0.490 e. The number of amides is 1. The third-order valence-corrected chi connectivity index (χ3v) is 13.5. The topological polar surface area (TPSA) is 105 Å². The molecule has 3 aliphatic heterocycles. The first kappa shape index (κ1) is 32.0. The van der Waals surface area contributed by atoms with E-state index in [2.05, 4.69) is 21.8 Å². The lowest BCUT2D eigenvalue weighted by Gasteiger charge is -2.45. The van der Waals surface area contributed by atoms with Crippen LogP contribution in [-0.2, 0) is 26.6 Å². The first-order valence-electron chi connectivity index (χ1n) is 16.9. The van der Waals surface area contributed by atoms with E-state index in [0.717, 1.165) is 55.7 Å². The Bertz CT molecular complexity index is 1610. The average molecular weight is 669 g/mol. The zero-order valence-electron chi connectivity index (χ0n) is 26.5. The van der Waals surface area contributed by atoms with Gasteiger partial charge >= 0.3 is 0 Å². The maximum atomic E-state index is 13.9. The molecule has 2 aliphatic carbocycles. The maximum Gasteiger partial charge on any atom is 0.264 e. The van der Waals surface area contributed by atoms with Crippen molar-refractivity contribution in [2.45, 2.75) is 87.6 Å². The second-order valence-corrected chi connectivity index (χ2v) is 16.6. The Morgan fingerprint density at radius 3 is 2.78 bits per heavy atom. The van der Waals surface area contributed by atoms with Crippen molar-refractivity contribution in [1.82, 2.24) is 4.72 Å². The summed E-state index contributed by atoms with van der Waals surface area (Å²) in [5.74, 6) is 0.149. The monoisotopic (exact) mass is 668 g/mol. The molecule has 2 aromatic carbocycles. The van der Waals surface area contributed by atoms with Crippen molar-refractivity contribution >= 4 is 33.2 Å². The summed E-state index contributed by atoms with van der Waals surface area (Å²) < 4.78 is 42.5. The van der Waals surface area contributed by atoms with Crippen LogP contribution in [0.25, 0.3) is 0 Å². The number of nitrogens with zero attached hydrogens (tertiary/aromatic N) is 1. The number of ether oxygens (including phenoxy) is 2. The molecule has 0 radical (unpaired) electrons. The van der Waals surface area contributed by atoms with Gasteiger partial charge in [-0.3, -0.25) is 4.79 Å². The summed E-state index contributed by atoms with van der Waals surface area (Å²) in [6.07, 6.45) is 10.4. The summed E-state index contributed by atoms with van der Waals surface area (Å²) in [5.41, 5.74) is 3.31. The molecule has 1 saturated heterocycles. The third kappa shape index (κ3) is 6.20. The second kappa shape index (κ2) is 12.8. The van der Waals surface area contributed by atoms with Gasteiger partial charge in [-0.2, -0.15) is 0 Å². The Balaban J connectivity index is 1.27. The van der Waals surface area contributed by atoms with Crippen LogP contribution in [0.1, 0.15) is 79.8 Å². The lowest BCUT2D eigenvalue weighted by atomic mass is 9.68. The highest BCUT2D eigenvalue weighted by Crippen LogP contribution is 2.47. The number of aliphatic hydroxyl groups excluding tert-OH is 1. The largest absolute Gasteiger partial charge is 0.490 e. The molecule has 1 saturated carbocycles. The molecule has 2 fully saturated rings. The van der Waals surface area contributed by atoms with Crippen molar-refractivity contribution in [2.24, 2.45) is 17.8 Å². The number of anilines is 1. The molecule has 10 heteroatoms. The van der Waals surface area contributed by atoms with E-state index in [-0.39, 0.29) is 34.8 Å². The average Bonchev–Trinajstić information content (AvgIpc) is 3.47. The summed E-state index contributed by atoms with van der Waals surface area (Å²) >= 11 is 6.41. The van der Waals surface area contributed by atoms with Crippen LogP contribution >= 0.6 is 11.6 Å². The molecule has 2 bridgehead atoms. The van der Waals surface area contributed by atoms with Crippen LogP contribution in [0.2, 0.25) is 5.02 Å². The van der Waals surface area contributed by atoms with Gasteiger partial charge < -0.3 is 19.5 Å². The molecule has 2 aromatic rings. The molecule has 3 heterocycles. The number of aliphatic hydroxyl groups is 1. The van der Waals surface area contributed by atoms with Crippen molar-refractivity contribution in [3.05, 3.63) is 70.3 Å². The van der Waals surface area contributed by atoms with E-state index in [1.165, 1.54) is 11.1 Å². The predicted octanol–water partition coefficient (Wildman–Crippen LogP) is 5.79. The molecule has 1 amide bonds. The van der Waals surface area contributed by atoms with E-state index < -0.39 is 27.3 Å². The summed E-state index contributed by atoms with van der Waals surface area (Å²) in [4.78, 5) is 16.0. The number of fused-ring (bicyclic) bond motifs is 4. The predicted molar refractivity (Wildman–Crippen MR) is 179 cm³/mol. The Morgan fingerprint density at radius 2 is 2.00 bits per heavy atom. The number of rotatable bonds is 2. The van der Waals surface area contributed by atoms with E-state index in [1.807, 2.05) is 25.1 Å². The van der Waals surface area contributed by atoms with E-state index in [1.54, 1.807) is 18.2 Å². The normalized spacial score (nSPS) is 34.8. The van der Waals surface area contributed by atoms with Gasteiger partial charge in [0.15, 0.2) is 0 Å².